The quantitative estimate of drug-likeness (QED) is 0.0768. The number of nitrogens with zero attached hydrogens (tertiary/aromatic N) is 7. The maximum Gasteiger partial charge on any atom is 0.234 e. The van der Waals surface area contributed by atoms with Crippen LogP contribution in [0.3, 0.4) is 0 Å². The summed E-state index contributed by atoms with van der Waals surface area (Å²) in [5.41, 5.74) is 7.58. The van der Waals surface area contributed by atoms with Gasteiger partial charge in [0.2, 0.25) is 17.8 Å². The molecule has 4 aliphatic rings. The second kappa shape index (κ2) is 19.5. The molecule has 1 saturated carbocycles. The van der Waals surface area contributed by atoms with Gasteiger partial charge in [-0.15, -0.1) is 0 Å². The molecule has 0 radical (unpaired) electrons. The average molecular weight is 964 g/mol. The van der Waals surface area contributed by atoms with Crippen molar-refractivity contribution in [2.24, 2.45) is 5.92 Å². The van der Waals surface area contributed by atoms with Gasteiger partial charge in [-0.05, 0) is 121 Å². The number of nitrogens with one attached hydrogen (secondary N) is 3. The van der Waals surface area contributed by atoms with Crippen LogP contribution in [-0.2, 0) is 20.6 Å². The molecule has 3 unspecified atom stereocenters. The van der Waals surface area contributed by atoms with E-state index in [1.165, 1.54) is 42.6 Å². The second-order valence-electron chi connectivity index (χ2n) is 18.5. The molecule has 2 amide bonds. The van der Waals surface area contributed by atoms with E-state index < -0.39 is 7.14 Å². The number of amides is 2. The Morgan fingerprint density at radius 2 is 1.62 bits per heavy atom. The normalized spacial score (nSPS) is 21.4. The van der Waals surface area contributed by atoms with Crippen molar-refractivity contribution in [1.29, 1.82) is 0 Å². The van der Waals surface area contributed by atoms with Crippen molar-refractivity contribution in [3.63, 3.8) is 0 Å². The van der Waals surface area contributed by atoms with Gasteiger partial charge in [0.05, 0.1) is 39.7 Å². The Kier molecular flexibility index (Phi) is 13.6. The number of aryl methyl sites for hydroxylation is 1. The summed E-state index contributed by atoms with van der Waals surface area (Å²) in [6, 6.07) is 17.3. The first kappa shape index (κ1) is 45.2. The van der Waals surface area contributed by atoms with Crippen LogP contribution in [-0.4, -0.2) is 114 Å². The van der Waals surface area contributed by atoms with E-state index >= 15 is 0 Å². The number of piperidine rings is 2. The lowest BCUT2D eigenvalue weighted by Crippen LogP contribution is -2.53. The molecule has 5 aromatic rings. The van der Waals surface area contributed by atoms with Gasteiger partial charge in [-0.2, -0.15) is 4.98 Å². The van der Waals surface area contributed by atoms with Crippen molar-refractivity contribution < 1.29 is 18.9 Å². The third-order valence-corrected chi connectivity index (χ3v) is 16.1. The minimum atomic E-state index is -2.77. The monoisotopic (exact) mass is 962 g/mol. The standard InChI is InChI=1S/C49H60BrN10O4P/c1-5-32-27-41(55-49-53-29-38(50)47(57-49)54-40-14-13-39-45(52-19-18-51-39)46(40)65(3,4)63)43(64-2)28-42(32)60-20-16-36(17-21-60)59-24-22-58(23-25-59)30-31-6-7-35(26-31)33-8-10-34(11-9-33)37-12-15-44(61)56-48(37)62/h8-11,13-14,18-19,27-29,31,35-37H,5-7,12,15-17,20-26,30H2,1-4H3,(H,56,61,62)(H2,53,54,55,57). The van der Waals surface area contributed by atoms with Gasteiger partial charge in [-0.3, -0.25) is 29.8 Å². The van der Waals surface area contributed by atoms with Crippen molar-refractivity contribution in [3.8, 4) is 5.75 Å². The summed E-state index contributed by atoms with van der Waals surface area (Å²) >= 11 is 3.61. The number of piperazine rings is 1. The summed E-state index contributed by atoms with van der Waals surface area (Å²) in [7, 11) is -1.07. The molecule has 9 rings (SSSR count). The molecule has 3 N–H and O–H groups in total. The molecular weight excluding hydrogens is 903 g/mol. The fraction of sp³-hybridized carbons (Fsp3) is 0.469. The number of aromatic nitrogens is 4. The molecular formula is C49H60BrN10O4P. The predicted octanol–water partition coefficient (Wildman–Crippen LogP) is 8.18. The highest BCUT2D eigenvalue weighted by atomic mass is 79.9. The van der Waals surface area contributed by atoms with Gasteiger partial charge < -0.3 is 29.7 Å². The molecule has 2 aromatic heterocycles. The number of anilines is 5. The molecule has 14 nitrogen and oxygen atoms in total. The SMILES string of the molecule is CCc1cc(Nc2ncc(Br)c(Nc3ccc4nccnc4c3P(C)(C)=O)n2)c(OC)cc1N1CCC(N2CCN(CC3CCC(c4ccc(C5CCC(=O)NC5=O)cc4)C3)CC2)CC1. The number of imide groups is 1. The first-order valence-corrected chi connectivity index (χ1v) is 26.5. The maximum absolute atomic E-state index is 13.5. The highest BCUT2D eigenvalue weighted by Gasteiger charge is 2.33. The van der Waals surface area contributed by atoms with Crippen molar-refractivity contribution in [3.05, 3.63) is 88.3 Å². The van der Waals surface area contributed by atoms with Gasteiger partial charge in [-0.25, -0.2) is 4.98 Å². The Labute approximate surface area is 390 Å². The van der Waals surface area contributed by atoms with E-state index in [1.54, 1.807) is 39.0 Å². The summed E-state index contributed by atoms with van der Waals surface area (Å²) in [5, 5.41) is 9.93. The lowest BCUT2D eigenvalue weighted by molar-refractivity contribution is -0.134. The molecule has 0 bridgehead atoms. The highest BCUT2D eigenvalue weighted by molar-refractivity contribution is 9.10. The van der Waals surface area contributed by atoms with Crippen LogP contribution in [0.4, 0.5) is 28.8 Å². The summed E-state index contributed by atoms with van der Waals surface area (Å²) in [6.45, 7) is 13.4. The first-order valence-electron chi connectivity index (χ1n) is 23.2. The minimum absolute atomic E-state index is 0.166. The molecule has 65 heavy (non-hydrogen) atoms. The van der Waals surface area contributed by atoms with Crippen LogP contribution < -0.4 is 30.9 Å². The molecule has 1 aliphatic carbocycles. The Balaban J connectivity index is 0.777. The number of hydrogen-bond acceptors (Lipinski definition) is 13. The third-order valence-electron chi connectivity index (χ3n) is 14.0. The zero-order chi connectivity index (χ0) is 45.2. The minimum Gasteiger partial charge on any atom is -0.494 e. The van der Waals surface area contributed by atoms with Crippen LogP contribution in [0.1, 0.15) is 80.4 Å². The topological polar surface area (TPSA) is 158 Å². The van der Waals surface area contributed by atoms with Crippen LogP contribution in [0.15, 0.2) is 71.6 Å². The van der Waals surface area contributed by atoms with Crippen LogP contribution in [0.5, 0.6) is 5.75 Å². The van der Waals surface area contributed by atoms with E-state index in [0.717, 1.165) is 81.4 Å². The Bertz CT molecular complexity index is 2590. The fourth-order valence-corrected chi connectivity index (χ4v) is 12.3. The molecule has 4 fully saturated rings. The average Bonchev–Trinajstić information content (AvgIpc) is 3.78. The number of benzene rings is 3. The zero-order valence-electron chi connectivity index (χ0n) is 37.9. The molecule has 3 aliphatic heterocycles. The number of carbonyl (C=O) groups excluding carboxylic acids is 2. The molecule has 3 aromatic carbocycles. The number of ether oxygens (including phenoxy) is 1. The van der Waals surface area contributed by atoms with E-state index in [2.05, 4.69) is 105 Å². The van der Waals surface area contributed by atoms with Crippen molar-refractivity contribution in [2.45, 2.75) is 76.2 Å². The number of carbonyl (C=O) groups is 2. The predicted molar refractivity (Wildman–Crippen MR) is 262 cm³/mol. The van der Waals surface area contributed by atoms with Gasteiger partial charge in [0.1, 0.15) is 24.2 Å². The highest BCUT2D eigenvalue weighted by Crippen LogP contribution is 2.43. The van der Waals surface area contributed by atoms with E-state index in [1.807, 2.05) is 12.1 Å². The van der Waals surface area contributed by atoms with Gasteiger partial charge >= 0.3 is 0 Å². The smallest absolute Gasteiger partial charge is 0.234 e. The summed E-state index contributed by atoms with van der Waals surface area (Å²) in [5.74, 6) is 2.38. The summed E-state index contributed by atoms with van der Waals surface area (Å²) in [4.78, 5) is 50.3. The van der Waals surface area contributed by atoms with Gasteiger partial charge in [0.25, 0.3) is 0 Å². The third kappa shape index (κ3) is 10.1. The largest absolute Gasteiger partial charge is 0.494 e. The number of rotatable bonds is 13. The molecule has 0 spiro atoms. The van der Waals surface area contributed by atoms with E-state index in [0.29, 0.717) is 63.1 Å². The molecule has 3 atom stereocenters. The number of halogens is 1. The van der Waals surface area contributed by atoms with Gasteiger partial charge in [-0.1, -0.05) is 31.2 Å². The number of fused-ring (bicyclic) bond motifs is 1. The fourth-order valence-electron chi connectivity index (χ4n) is 10.6. The van der Waals surface area contributed by atoms with Crippen molar-refractivity contribution in [1.82, 2.24) is 35.1 Å². The summed E-state index contributed by atoms with van der Waals surface area (Å²) in [6.07, 6.45) is 12.8. The zero-order valence-corrected chi connectivity index (χ0v) is 40.3. The van der Waals surface area contributed by atoms with Crippen molar-refractivity contribution in [2.75, 3.05) is 81.8 Å². The van der Waals surface area contributed by atoms with Crippen LogP contribution in [0, 0.1) is 5.92 Å². The number of hydrogen-bond donors (Lipinski definition) is 3. The second-order valence-corrected chi connectivity index (χ2v) is 22.5. The first-order chi connectivity index (χ1) is 31.4. The Hall–Kier alpha value is -4.95. The summed E-state index contributed by atoms with van der Waals surface area (Å²) < 4.78 is 20.2. The Morgan fingerprint density at radius 1 is 0.862 bits per heavy atom. The van der Waals surface area contributed by atoms with Crippen LogP contribution >= 0.6 is 23.1 Å². The van der Waals surface area contributed by atoms with E-state index in [9.17, 15) is 14.2 Å². The lowest BCUT2D eigenvalue weighted by Gasteiger charge is -2.44. The molecule has 342 valence electrons. The maximum atomic E-state index is 13.5. The van der Waals surface area contributed by atoms with Crippen molar-refractivity contribution >= 4 is 80.1 Å². The molecule has 3 saturated heterocycles. The number of methoxy groups -OCH3 is 1. The van der Waals surface area contributed by atoms with E-state index in [4.69, 9.17) is 9.72 Å². The Morgan fingerprint density at radius 3 is 2.34 bits per heavy atom. The van der Waals surface area contributed by atoms with Gasteiger partial charge in [0, 0.05) is 88.6 Å². The van der Waals surface area contributed by atoms with Crippen LogP contribution in [0.2, 0.25) is 0 Å². The van der Waals surface area contributed by atoms with Gasteiger partial charge in [0.15, 0.2) is 0 Å². The lowest BCUT2D eigenvalue weighted by atomic mass is 9.88. The molecule has 5 heterocycles. The molecule has 16 heteroatoms. The van der Waals surface area contributed by atoms with E-state index in [-0.39, 0.29) is 17.7 Å². The van der Waals surface area contributed by atoms with Crippen LogP contribution in [0.25, 0.3) is 11.0 Å².